The molecule has 0 aromatic heterocycles. The molecule has 0 saturated carbocycles. The van der Waals surface area contributed by atoms with Gasteiger partial charge >= 0.3 is 12.0 Å². The number of likely N-dealkylation sites (tertiary alicyclic amines) is 1. The van der Waals surface area contributed by atoms with Gasteiger partial charge in [0.05, 0.1) is 18.7 Å². The lowest BCUT2D eigenvalue weighted by Gasteiger charge is -2.38. The van der Waals surface area contributed by atoms with Crippen molar-refractivity contribution in [2.45, 2.75) is 38.6 Å². The van der Waals surface area contributed by atoms with Crippen molar-refractivity contribution < 1.29 is 19.1 Å². The van der Waals surface area contributed by atoms with Gasteiger partial charge in [0.1, 0.15) is 5.41 Å². The standard InChI is InChI=1S/C31H31Cl2N3O4/c1-30(2,3)16-20-17-36(29(39)34-23-11-8-18(9-12-23)27(37)40-4)26(19-6-5-7-21(32)14-19)31(20)24-13-10-22(33)15-25(24)35-28(31)38/h5-15,20,26H,16-17H2,1-4H3,(H,34,39)(H,35,38)/t20-,26-,31?/m1/s1. The Labute approximate surface area is 243 Å². The maximum absolute atomic E-state index is 14.2. The Bertz CT molecular complexity index is 1480. The lowest BCUT2D eigenvalue weighted by molar-refractivity contribution is -0.123. The lowest BCUT2D eigenvalue weighted by Crippen LogP contribution is -2.46. The van der Waals surface area contributed by atoms with Crippen LogP contribution in [0.5, 0.6) is 0 Å². The summed E-state index contributed by atoms with van der Waals surface area (Å²) in [5.74, 6) is -0.829. The number of esters is 1. The molecule has 3 aromatic carbocycles. The fourth-order valence-electron chi connectivity index (χ4n) is 6.25. The van der Waals surface area contributed by atoms with Gasteiger partial charge in [0.15, 0.2) is 0 Å². The molecular weight excluding hydrogens is 549 g/mol. The van der Waals surface area contributed by atoms with Crippen LogP contribution in [0.4, 0.5) is 16.2 Å². The van der Waals surface area contributed by atoms with E-state index in [1.807, 2.05) is 24.3 Å². The zero-order chi connectivity index (χ0) is 28.8. The Kier molecular flexibility index (Phi) is 7.31. The number of anilines is 2. The number of fused-ring (bicyclic) bond motifs is 2. The second-order valence-electron chi connectivity index (χ2n) is 11.6. The largest absolute Gasteiger partial charge is 0.465 e. The van der Waals surface area contributed by atoms with E-state index in [1.54, 1.807) is 47.4 Å². The average molecular weight is 581 g/mol. The predicted molar refractivity (Wildman–Crippen MR) is 157 cm³/mol. The van der Waals surface area contributed by atoms with Crippen molar-refractivity contribution in [3.8, 4) is 0 Å². The summed E-state index contributed by atoms with van der Waals surface area (Å²) in [4.78, 5) is 41.8. The number of hydrogen-bond acceptors (Lipinski definition) is 4. The third-order valence-electron chi connectivity index (χ3n) is 7.70. The molecule has 1 unspecified atom stereocenters. The first kappa shape index (κ1) is 28.0. The first-order chi connectivity index (χ1) is 18.9. The SMILES string of the molecule is COC(=O)c1ccc(NC(=O)N2C[C@@H](CC(C)(C)C)C3(C(=O)Nc4cc(Cl)ccc43)[C@H]2c2cccc(Cl)c2)cc1. The Morgan fingerprint density at radius 2 is 1.75 bits per heavy atom. The van der Waals surface area contributed by atoms with Crippen LogP contribution in [0.3, 0.4) is 0 Å². The van der Waals surface area contributed by atoms with Crippen LogP contribution in [-0.4, -0.2) is 36.5 Å². The van der Waals surface area contributed by atoms with Crippen LogP contribution in [0.15, 0.2) is 66.7 Å². The van der Waals surface area contributed by atoms with Gasteiger partial charge in [0, 0.05) is 28.0 Å². The summed E-state index contributed by atoms with van der Waals surface area (Å²) in [6.45, 7) is 6.75. The highest BCUT2D eigenvalue weighted by Gasteiger charge is 2.65. The van der Waals surface area contributed by atoms with Crippen molar-refractivity contribution in [3.63, 3.8) is 0 Å². The number of amides is 3. The van der Waals surface area contributed by atoms with Gasteiger partial charge in [-0.2, -0.15) is 0 Å². The van der Waals surface area contributed by atoms with Crippen molar-refractivity contribution in [1.29, 1.82) is 0 Å². The maximum atomic E-state index is 14.2. The van der Waals surface area contributed by atoms with Crippen LogP contribution in [0.25, 0.3) is 0 Å². The number of ether oxygens (including phenoxy) is 1. The Balaban J connectivity index is 1.63. The van der Waals surface area contributed by atoms with Crippen molar-refractivity contribution >= 4 is 52.5 Å². The predicted octanol–water partition coefficient (Wildman–Crippen LogP) is 7.31. The summed E-state index contributed by atoms with van der Waals surface area (Å²) in [5.41, 5.74) is 1.94. The number of rotatable bonds is 4. The molecule has 3 atom stereocenters. The van der Waals surface area contributed by atoms with E-state index in [4.69, 9.17) is 27.9 Å². The number of halogens is 2. The van der Waals surface area contributed by atoms with E-state index in [2.05, 4.69) is 31.4 Å². The van der Waals surface area contributed by atoms with Crippen LogP contribution in [-0.2, 0) is 14.9 Å². The van der Waals surface area contributed by atoms with E-state index in [0.29, 0.717) is 39.9 Å². The fourth-order valence-corrected chi connectivity index (χ4v) is 6.62. The molecule has 5 rings (SSSR count). The summed E-state index contributed by atoms with van der Waals surface area (Å²) in [5, 5.41) is 7.08. The third-order valence-corrected chi connectivity index (χ3v) is 8.17. The molecule has 9 heteroatoms. The Hall–Kier alpha value is -3.55. The highest BCUT2D eigenvalue weighted by Crippen LogP contribution is 2.60. The van der Waals surface area contributed by atoms with Gasteiger partial charge in [0.2, 0.25) is 5.91 Å². The second-order valence-corrected chi connectivity index (χ2v) is 12.5. The van der Waals surface area contributed by atoms with Crippen LogP contribution < -0.4 is 10.6 Å². The third kappa shape index (κ3) is 4.93. The minimum absolute atomic E-state index is 0.123. The summed E-state index contributed by atoms with van der Waals surface area (Å²) in [6.07, 6.45) is 0.692. The van der Waals surface area contributed by atoms with Crippen molar-refractivity contribution in [2.75, 3.05) is 24.3 Å². The monoisotopic (exact) mass is 579 g/mol. The van der Waals surface area contributed by atoms with E-state index >= 15 is 0 Å². The molecule has 3 aromatic rings. The first-order valence-corrected chi connectivity index (χ1v) is 13.8. The molecule has 0 aliphatic carbocycles. The first-order valence-electron chi connectivity index (χ1n) is 13.1. The van der Waals surface area contributed by atoms with E-state index in [9.17, 15) is 14.4 Å². The molecule has 2 N–H and O–H groups in total. The highest BCUT2D eigenvalue weighted by atomic mass is 35.5. The molecule has 0 radical (unpaired) electrons. The second kappa shape index (κ2) is 10.5. The van der Waals surface area contributed by atoms with Gasteiger partial charge in [-0.25, -0.2) is 9.59 Å². The van der Waals surface area contributed by atoms with Crippen LogP contribution in [0, 0.1) is 11.3 Å². The molecule has 0 bridgehead atoms. The van der Waals surface area contributed by atoms with Gasteiger partial charge in [-0.15, -0.1) is 0 Å². The normalized spacial score (nSPS) is 21.8. The van der Waals surface area contributed by atoms with Gasteiger partial charge < -0.3 is 20.3 Å². The number of urea groups is 1. The Morgan fingerprint density at radius 1 is 1.05 bits per heavy atom. The van der Waals surface area contributed by atoms with Crippen molar-refractivity contribution in [3.05, 3.63) is 93.5 Å². The molecule has 2 aliphatic rings. The minimum atomic E-state index is -1.07. The van der Waals surface area contributed by atoms with Crippen molar-refractivity contribution in [2.24, 2.45) is 11.3 Å². The quantitative estimate of drug-likeness (QED) is 0.317. The summed E-state index contributed by atoms with van der Waals surface area (Å²) in [6, 6.07) is 18.3. The van der Waals surface area contributed by atoms with E-state index in [-0.39, 0.29) is 23.3 Å². The molecule has 1 spiro atoms. The molecular formula is C31H31Cl2N3O4. The van der Waals surface area contributed by atoms with Gasteiger partial charge in [-0.05, 0) is 77.4 Å². The van der Waals surface area contributed by atoms with E-state index in [0.717, 1.165) is 11.1 Å². The molecule has 40 heavy (non-hydrogen) atoms. The number of hydrogen-bond donors (Lipinski definition) is 2. The maximum Gasteiger partial charge on any atom is 0.337 e. The summed E-state index contributed by atoms with van der Waals surface area (Å²) >= 11 is 12.8. The summed E-state index contributed by atoms with van der Waals surface area (Å²) < 4.78 is 4.77. The number of carbonyl (C=O) groups excluding carboxylic acids is 3. The zero-order valence-corrected chi connectivity index (χ0v) is 24.3. The van der Waals surface area contributed by atoms with Crippen LogP contribution >= 0.6 is 23.2 Å². The molecule has 2 aliphatic heterocycles. The number of benzene rings is 3. The molecule has 1 fully saturated rings. The van der Waals surface area contributed by atoms with Crippen LogP contribution in [0.2, 0.25) is 10.0 Å². The topological polar surface area (TPSA) is 87.7 Å². The Morgan fingerprint density at radius 3 is 2.40 bits per heavy atom. The fraction of sp³-hybridized carbons (Fsp3) is 0.323. The van der Waals surface area contributed by atoms with Gasteiger partial charge in [0.25, 0.3) is 0 Å². The molecule has 3 amide bonds. The number of methoxy groups -OCH3 is 1. The number of carbonyl (C=O) groups is 3. The lowest BCUT2D eigenvalue weighted by atomic mass is 9.63. The smallest absolute Gasteiger partial charge is 0.337 e. The van der Waals surface area contributed by atoms with E-state index in [1.165, 1.54) is 7.11 Å². The van der Waals surface area contributed by atoms with Crippen molar-refractivity contribution in [1.82, 2.24) is 4.90 Å². The van der Waals surface area contributed by atoms with Crippen LogP contribution in [0.1, 0.15) is 54.7 Å². The molecule has 1 saturated heterocycles. The minimum Gasteiger partial charge on any atom is -0.465 e. The molecule has 208 valence electrons. The average Bonchev–Trinajstić information content (AvgIpc) is 3.37. The molecule has 2 heterocycles. The zero-order valence-electron chi connectivity index (χ0n) is 22.8. The molecule has 7 nitrogen and oxygen atoms in total. The van der Waals surface area contributed by atoms with E-state index < -0.39 is 17.4 Å². The highest BCUT2D eigenvalue weighted by molar-refractivity contribution is 6.31. The number of nitrogens with zero attached hydrogens (tertiary/aromatic N) is 1. The van der Waals surface area contributed by atoms with Gasteiger partial charge in [-0.1, -0.05) is 62.2 Å². The number of nitrogens with one attached hydrogen (secondary N) is 2. The van der Waals surface area contributed by atoms with Gasteiger partial charge in [-0.3, -0.25) is 4.79 Å². The summed E-state index contributed by atoms with van der Waals surface area (Å²) in [7, 11) is 1.32.